The van der Waals surface area contributed by atoms with Crippen LogP contribution in [0.4, 0.5) is 0 Å². The van der Waals surface area contributed by atoms with E-state index in [1.807, 2.05) is 11.8 Å². The quantitative estimate of drug-likeness (QED) is 0.712. The largest absolute Gasteiger partial charge is 0.497 e. The van der Waals surface area contributed by atoms with E-state index in [4.69, 9.17) is 9.47 Å². The van der Waals surface area contributed by atoms with Crippen LogP contribution in [0.3, 0.4) is 0 Å². The van der Waals surface area contributed by atoms with Crippen LogP contribution in [0.5, 0.6) is 11.5 Å². The summed E-state index contributed by atoms with van der Waals surface area (Å²) in [4.78, 5) is 14.7. The molecule has 1 saturated carbocycles. The number of benzene rings is 1. The number of piperazine rings is 1. The Hall–Kier alpha value is -1.84. The number of hydrogen-bond acceptors (Lipinski definition) is 6. The number of nitrogens with one attached hydrogen (secondary N) is 1. The number of sulfonamides is 1. The van der Waals surface area contributed by atoms with Gasteiger partial charge in [-0.05, 0) is 31.9 Å². The van der Waals surface area contributed by atoms with E-state index in [0.717, 1.165) is 12.8 Å². The van der Waals surface area contributed by atoms with Gasteiger partial charge in [0.05, 0.1) is 20.3 Å². The van der Waals surface area contributed by atoms with Crippen LogP contribution in [0.2, 0.25) is 0 Å². The van der Waals surface area contributed by atoms with Crippen molar-refractivity contribution in [2.24, 2.45) is 0 Å². The summed E-state index contributed by atoms with van der Waals surface area (Å²) in [6.45, 7) is 3.54. The summed E-state index contributed by atoms with van der Waals surface area (Å²) in [5.74, 6) is 0.778. The lowest BCUT2D eigenvalue weighted by Gasteiger charge is -2.37. The summed E-state index contributed by atoms with van der Waals surface area (Å²) in [5, 5.41) is 3.13. The molecular weight excluding hydrogens is 394 g/mol. The van der Waals surface area contributed by atoms with E-state index in [2.05, 4.69) is 5.32 Å². The number of amides is 1. The Labute approximate surface area is 173 Å². The first-order valence-corrected chi connectivity index (χ1v) is 11.6. The Bertz CT molecular complexity index is 815. The molecule has 1 atom stereocenters. The predicted molar refractivity (Wildman–Crippen MR) is 110 cm³/mol. The van der Waals surface area contributed by atoms with E-state index < -0.39 is 10.0 Å². The molecule has 1 aliphatic carbocycles. The first kappa shape index (κ1) is 21.9. The molecule has 1 aliphatic heterocycles. The Kier molecular flexibility index (Phi) is 7.02. The maximum absolute atomic E-state index is 13.2. The summed E-state index contributed by atoms with van der Waals surface area (Å²) < 4.78 is 38.2. The Morgan fingerprint density at radius 1 is 1.10 bits per heavy atom. The van der Waals surface area contributed by atoms with E-state index in [1.54, 1.807) is 12.1 Å². The van der Waals surface area contributed by atoms with Crippen LogP contribution in [0.1, 0.15) is 32.6 Å². The molecule has 0 unspecified atom stereocenters. The molecule has 2 fully saturated rings. The summed E-state index contributed by atoms with van der Waals surface area (Å²) in [7, 11) is -0.781. The second-order valence-corrected chi connectivity index (χ2v) is 9.53. The van der Waals surface area contributed by atoms with Crippen LogP contribution in [0, 0.1) is 0 Å². The second kappa shape index (κ2) is 9.32. The summed E-state index contributed by atoms with van der Waals surface area (Å²) in [5.41, 5.74) is 0. The average molecular weight is 426 g/mol. The van der Waals surface area contributed by atoms with Crippen molar-refractivity contribution in [3.63, 3.8) is 0 Å². The Balaban J connectivity index is 1.64. The second-order valence-electron chi connectivity index (χ2n) is 7.62. The molecule has 1 heterocycles. The fourth-order valence-corrected chi connectivity index (χ4v) is 5.61. The molecule has 9 heteroatoms. The third-order valence-corrected chi connectivity index (χ3v) is 7.81. The van der Waals surface area contributed by atoms with Crippen LogP contribution in [-0.2, 0) is 14.8 Å². The fourth-order valence-electron chi connectivity index (χ4n) is 4.01. The molecule has 3 rings (SSSR count). The summed E-state index contributed by atoms with van der Waals surface area (Å²) in [6.07, 6.45) is 4.44. The number of ether oxygens (including phenoxy) is 2. The van der Waals surface area contributed by atoms with E-state index in [0.29, 0.717) is 31.9 Å². The molecule has 1 amide bonds. The van der Waals surface area contributed by atoms with Crippen molar-refractivity contribution in [2.75, 3.05) is 40.4 Å². The minimum Gasteiger partial charge on any atom is -0.497 e. The standard InChI is InChI=1S/C20H31N3O5S/c1-15(20(24)21-16-6-4-5-7-16)22-10-12-23(13-11-22)29(25,26)19-14-17(27-2)8-9-18(19)28-3/h8-9,14-16H,4-7,10-13H2,1-3H3,(H,21,24)/t15-/m1/s1. The third kappa shape index (κ3) is 4.84. The van der Waals surface area contributed by atoms with Crippen molar-refractivity contribution in [1.82, 2.24) is 14.5 Å². The van der Waals surface area contributed by atoms with Gasteiger partial charge in [0.1, 0.15) is 16.4 Å². The lowest BCUT2D eigenvalue weighted by molar-refractivity contribution is -0.127. The molecule has 1 aromatic carbocycles. The van der Waals surface area contributed by atoms with Crippen LogP contribution >= 0.6 is 0 Å². The van der Waals surface area contributed by atoms with Crippen molar-refractivity contribution >= 4 is 15.9 Å². The molecule has 1 saturated heterocycles. The van der Waals surface area contributed by atoms with E-state index >= 15 is 0 Å². The van der Waals surface area contributed by atoms with Crippen molar-refractivity contribution in [3.8, 4) is 11.5 Å². The molecule has 1 N–H and O–H groups in total. The predicted octanol–water partition coefficient (Wildman–Crippen LogP) is 1.46. The maximum atomic E-state index is 13.2. The van der Waals surface area contributed by atoms with Crippen LogP contribution in [0.15, 0.2) is 23.1 Å². The SMILES string of the molecule is COc1ccc(OC)c(S(=O)(=O)N2CCN([C@H](C)C(=O)NC3CCCC3)CC2)c1. The Morgan fingerprint density at radius 3 is 2.34 bits per heavy atom. The van der Waals surface area contributed by atoms with Gasteiger partial charge in [0.15, 0.2) is 0 Å². The lowest BCUT2D eigenvalue weighted by Crippen LogP contribution is -2.55. The highest BCUT2D eigenvalue weighted by molar-refractivity contribution is 7.89. The number of hydrogen-bond donors (Lipinski definition) is 1. The van der Waals surface area contributed by atoms with Crippen molar-refractivity contribution in [3.05, 3.63) is 18.2 Å². The fraction of sp³-hybridized carbons (Fsp3) is 0.650. The van der Waals surface area contributed by atoms with Crippen molar-refractivity contribution < 1.29 is 22.7 Å². The maximum Gasteiger partial charge on any atom is 0.246 e. The Morgan fingerprint density at radius 2 is 1.76 bits per heavy atom. The van der Waals surface area contributed by atoms with Gasteiger partial charge in [-0.3, -0.25) is 9.69 Å². The first-order valence-electron chi connectivity index (χ1n) is 10.1. The molecule has 29 heavy (non-hydrogen) atoms. The molecule has 0 spiro atoms. The van der Waals surface area contributed by atoms with Gasteiger partial charge >= 0.3 is 0 Å². The van der Waals surface area contributed by atoms with E-state index in [9.17, 15) is 13.2 Å². The molecule has 0 radical (unpaired) electrons. The smallest absolute Gasteiger partial charge is 0.246 e. The van der Waals surface area contributed by atoms with Crippen LogP contribution in [0.25, 0.3) is 0 Å². The molecular formula is C20H31N3O5S. The zero-order valence-corrected chi connectivity index (χ0v) is 18.2. The summed E-state index contributed by atoms with van der Waals surface area (Å²) in [6, 6.07) is 4.76. The highest BCUT2D eigenvalue weighted by Crippen LogP contribution is 2.31. The number of carbonyl (C=O) groups excluding carboxylic acids is 1. The van der Waals surface area contributed by atoms with Gasteiger partial charge < -0.3 is 14.8 Å². The van der Waals surface area contributed by atoms with Crippen LogP contribution < -0.4 is 14.8 Å². The minimum atomic E-state index is -3.72. The third-order valence-electron chi connectivity index (χ3n) is 5.89. The molecule has 8 nitrogen and oxygen atoms in total. The number of carbonyl (C=O) groups is 1. The van der Waals surface area contributed by atoms with Gasteiger partial charge in [-0.15, -0.1) is 0 Å². The topological polar surface area (TPSA) is 88.2 Å². The van der Waals surface area contributed by atoms with Crippen LogP contribution in [-0.4, -0.2) is 76.0 Å². The van der Waals surface area contributed by atoms with Crippen molar-refractivity contribution in [2.45, 2.75) is 49.6 Å². The number of nitrogens with zero attached hydrogens (tertiary/aromatic N) is 2. The molecule has 2 aliphatic rings. The minimum absolute atomic E-state index is 0.0303. The van der Waals surface area contributed by atoms with E-state index in [-0.39, 0.29) is 28.6 Å². The van der Waals surface area contributed by atoms with Crippen molar-refractivity contribution in [1.29, 1.82) is 0 Å². The first-order chi connectivity index (χ1) is 13.9. The van der Waals surface area contributed by atoms with Gasteiger partial charge in [-0.25, -0.2) is 8.42 Å². The summed E-state index contributed by atoms with van der Waals surface area (Å²) >= 11 is 0. The van der Waals surface area contributed by atoms with Gasteiger partial charge in [-0.2, -0.15) is 4.31 Å². The molecule has 1 aromatic rings. The number of rotatable bonds is 7. The zero-order chi connectivity index (χ0) is 21.0. The van der Waals surface area contributed by atoms with Gasteiger partial charge in [0.2, 0.25) is 15.9 Å². The highest BCUT2D eigenvalue weighted by Gasteiger charge is 2.34. The monoisotopic (exact) mass is 425 g/mol. The lowest BCUT2D eigenvalue weighted by atomic mass is 10.2. The molecule has 0 bridgehead atoms. The number of methoxy groups -OCH3 is 2. The highest BCUT2D eigenvalue weighted by atomic mass is 32.2. The van der Waals surface area contributed by atoms with Gasteiger partial charge in [0.25, 0.3) is 0 Å². The molecule has 0 aromatic heterocycles. The van der Waals surface area contributed by atoms with E-state index in [1.165, 1.54) is 37.4 Å². The van der Waals surface area contributed by atoms with Gasteiger partial charge in [-0.1, -0.05) is 12.8 Å². The molecule has 162 valence electrons. The average Bonchev–Trinajstić information content (AvgIpc) is 3.25. The zero-order valence-electron chi connectivity index (χ0n) is 17.4. The normalized spacial score (nSPS) is 20.4. The van der Waals surface area contributed by atoms with Gasteiger partial charge in [0, 0.05) is 38.3 Å².